The van der Waals surface area contributed by atoms with Gasteiger partial charge in [-0.25, -0.2) is 5.43 Å². The number of aliphatic hydroxyl groups excluding tert-OH is 2. The van der Waals surface area contributed by atoms with Gasteiger partial charge in [0.25, 0.3) is 5.91 Å². The summed E-state index contributed by atoms with van der Waals surface area (Å²) in [5.41, 5.74) is 5.41. The van der Waals surface area contributed by atoms with Gasteiger partial charge < -0.3 is 67.8 Å². The number of allylic oxidation sites excluding steroid dienone is 2. The number of aldehydes is 1. The van der Waals surface area contributed by atoms with Gasteiger partial charge in [0.2, 0.25) is 0 Å². The number of fused-ring (bicyclic) bond motifs is 2. The number of benzene rings is 1. The Kier molecular flexibility index (Phi) is 34.4. The average Bonchev–Trinajstić information content (AvgIpc) is 1.63. The molecule has 2 unspecified atom stereocenters. The van der Waals surface area contributed by atoms with E-state index in [1.807, 2.05) is 56.5 Å². The molecule has 6 aliphatic heterocycles. The van der Waals surface area contributed by atoms with Crippen molar-refractivity contribution in [3.05, 3.63) is 128 Å². The fourth-order valence-electron chi connectivity index (χ4n) is 14.6. The summed E-state index contributed by atoms with van der Waals surface area (Å²) in [6.07, 6.45) is 23.7. The first kappa shape index (κ1) is 84.5. The highest BCUT2D eigenvalue weighted by Crippen LogP contribution is 2.48. The summed E-state index contributed by atoms with van der Waals surface area (Å²) in [4.78, 5) is 42.1. The lowest BCUT2D eigenvalue weighted by molar-refractivity contribution is -0.340. The number of esters is 1. The molecule has 0 saturated carbocycles. The number of amides is 1. The van der Waals surface area contributed by atoms with Crippen LogP contribution in [0.2, 0.25) is 0 Å². The van der Waals surface area contributed by atoms with Gasteiger partial charge in [0.15, 0.2) is 24.7 Å². The molecule has 21 heteroatoms. The molecule has 103 heavy (non-hydrogen) atoms. The maximum atomic E-state index is 14.4. The second kappa shape index (κ2) is 41.9. The lowest BCUT2D eigenvalue weighted by atomic mass is 9.71. The van der Waals surface area contributed by atoms with Crippen LogP contribution < -0.4 is 5.43 Å². The van der Waals surface area contributed by atoms with Gasteiger partial charge in [-0.05, 0) is 124 Å². The number of unbranched alkanes of at least 4 members (excludes halogenated alkanes) is 7. The summed E-state index contributed by atoms with van der Waals surface area (Å²) in [7, 11) is 3.23. The fourth-order valence-corrected chi connectivity index (χ4v) is 15.2. The van der Waals surface area contributed by atoms with Crippen LogP contribution in [0.25, 0.3) is 0 Å². The Morgan fingerprint density at radius 1 is 0.893 bits per heavy atom. The van der Waals surface area contributed by atoms with Gasteiger partial charge in [-0.15, -0.1) is 11.3 Å². The molecule has 7 aliphatic rings. The van der Waals surface area contributed by atoms with Gasteiger partial charge in [-0.3, -0.25) is 19.4 Å². The van der Waals surface area contributed by atoms with Crippen LogP contribution in [0.15, 0.2) is 106 Å². The molecule has 5 N–H and O–H groups in total. The number of methoxy groups -OCH3 is 2. The molecule has 20 nitrogen and oxygen atoms in total. The van der Waals surface area contributed by atoms with Crippen molar-refractivity contribution in [3.8, 4) is 17.6 Å². The number of aromatic nitrogens is 1. The minimum atomic E-state index is -1.82. The molecule has 20 atom stereocenters. The van der Waals surface area contributed by atoms with E-state index in [9.17, 15) is 34.8 Å². The van der Waals surface area contributed by atoms with E-state index in [4.69, 9.17) is 47.4 Å². The van der Waals surface area contributed by atoms with E-state index in [2.05, 4.69) is 81.9 Å². The number of aryl methyl sites for hydroxylation is 1. The second-order valence-electron chi connectivity index (χ2n) is 28.5. The van der Waals surface area contributed by atoms with Crippen LogP contribution in [0.4, 0.5) is 0 Å². The van der Waals surface area contributed by atoms with Gasteiger partial charge >= 0.3 is 5.97 Å². The largest absolute Gasteiger partial charge is 0.507 e. The third kappa shape index (κ3) is 23.3. The van der Waals surface area contributed by atoms with Crippen molar-refractivity contribution < 1.29 is 82.2 Å². The molecule has 570 valence electrons. The van der Waals surface area contributed by atoms with Crippen molar-refractivity contribution in [3.63, 3.8) is 0 Å². The highest BCUT2D eigenvalue weighted by Gasteiger charge is 2.60. The van der Waals surface area contributed by atoms with Crippen molar-refractivity contribution in [2.24, 2.45) is 28.8 Å². The summed E-state index contributed by atoms with van der Waals surface area (Å²) in [5.74, 6) is 3.79. The third-order valence-corrected chi connectivity index (χ3v) is 21.6. The number of carbonyl (C=O) groups is 3. The number of hydrogen-bond donors (Lipinski definition) is 5. The standard InChI is InChI=1S/C48H74O14.C17H17N3OS.C15H22O2.C2H6/c1-11-25(2)43-28(5)17-18-47(62-43)23-34-20-33(61-47)16-15-27(4)42(26(3)13-12-14-32-24-55-45-40(49)29(6)19-35(46(51)58-34)48(32,45)52)59-39-22-37(54-10)44(31(8)57-39)60-38-21-36(53-9)41(50)30(7)56-38;1-2-3-4-5-7-14-10-15(12-18-11-14)17(21)20-19-13-16-8-6-9-22-16;1-2-3-4-5-6-7-8-13-9-10-15(17)14(11-13)12-16;1-2/h12-15,19,25-26,28,30-31,33-45,49-50,52H,11,16-18,20-24H2,1-10H3;6,8-13H,2-4H2,1H3,(H,20,21);9-12,17H,2-8H2,1H3;1-2H3/b13-12+,27-15+,32-14+;19-13+;;/t25-,26+,28+,30+,31+,33-,34+,35?,36+,37+,38+,39+,40-,41+,42?,43-,44+,45-,47-,48-;;;/m1.../s1. The van der Waals surface area contributed by atoms with Gasteiger partial charge in [-0.2, -0.15) is 5.10 Å². The van der Waals surface area contributed by atoms with Crippen LogP contribution in [0.5, 0.6) is 5.75 Å². The molecule has 3 aromatic rings. The van der Waals surface area contributed by atoms with Crippen molar-refractivity contribution in [1.82, 2.24) is 10.4 Å². The lowest BCUT2D eigenvalue weighted by Gasteiger charge is -2.51. The van der Waals surface area contributed by atoms with E-state index in [0.29, 0.717) is 78.9 Å². The molecule has 2 aromatic heterocycles. The molecule has 1 aromatic carbocycles. The van der Waals surface area contributed by atoms with Crippen molar-refractivity contribution in [2.75, 3.05) is 20.8 Å². The van der Waals surface area contributed by atoms with Gasteiger partial charge in [-0.1, -0.05) is 155 Å². The molecule has 1 aliphatic carbocycles. The zero-order valence-electron chi connectivity index (χ0n) is 63.5. The Labute approximate surface area is 616 Å². The number of nitrogens with one attached hydrogen (secondary N) is 1. The SMILES string of the molecule is CC.CCCCC#Cc1cncc(C(=O)N/N=C/c2cccs2)c1.CCCCCCCCc1ccc(O)c(C=O)c1.CC[C@@H](C)[C@H]1O[C@]2(CC[C@@H]1C)C[C@@H]1C[C@@H](C/C=C(\C)C(O[C@H]3C[C@H](OC)[C@@H](O[C@H]4C[C@H](OC)[C@@H](O)[C@H](C)O4)[C@H](C)O3)[C@@H](C)/C=C/C=C3\CO[C@@H]4[C@H](O)C(C)=CC(C(=O)O1)[C@]34O)O2. The Bertz CT molecular complexity index is 3340. The van der Waals surface area contributed by atoms with E-state index in [1.54, 1.807) is 82.2 Å². The quantitative estimate of drug-likeness (QED) is 0.0126. The highest BCUT2D eigenvalue weighted by molar-refractivity contribution is 7.11. The first-order valence-electron chi connectivity index (χ1n) is 37.8. The molecule has 5 fully saturated rings. The normalized spacial score (nSPS) is 33.7. The maximum absolute atomic E-state index is 14.4. The molecular formula is C82H119N3O17S. The van der Waals surface area contributed by atoms with Crippen LogP contribution >= 0.6 is 11.3 Å². The summed E-state index contributed by atoms with van der Waals surface area (Å²) >= 11 is 1.55. The van der Waals surface area contributed by atoms with E-state index in [-0.39, 0.29) is 42.5 Å². The smallest absolute Gasteiger partial charge is 0.316 e. The fraction of sp³-hybridized carbons (Fsp3) is 0.646. The van der Waals surface area contributed by atoms with E-state index < -0.39 is 90.8 Å². The molecule has 10 rings (SSSR count). The third-order valence-electron chi connectivity index (χ3n) is 20.8. The van der Waals surface area contributed by atoms with Crippen molar-refractivity contribution in [2.45, 2.75) is 296 Å². The van der Waals surface area contributed by atoms with Gasteiger partial charge in [0.05, 0.1) is 66.7 Å². The molecule has 1 spiro atoms. The first-order chi connectivity index (χ1) is 49.6. The van der Waals surface area contributed by atoms with Crippen LogP contribution in [-0.2, 0) is 58.6 Å². The number of hydrogen-bond acceptors (Lipinski definition) is 20. The minimum absolute atomic E-state index is 0.00708. The van der Waals surface area contributed by atoms with Gasteiger partial charge in [0, 0.05) is 81.5 Å². The van der Waals surface area contributed by atoms with Crippen LogP contribution in [0, 0.1) is 35.5 Å². The zero-order chi connectivity index (χ0) is 74.8. The second-order valence-corrected chi connectivity index (χ2v) is 29.4. The topological polar surface area (TPSA) is 262 Å². The van der Waals surface area contributed by atoms with Crippen LogP contribution in [0.1, 0.15) is 229 Å². The number of carbonyl (C=O) groups excluding carboxylic acids is 3. The van der Waals surface area contributed by atoms with E-state index in [0.717, 1.165) is 66.5 Å². The van der Waals surface area contributed by atoms with Crippen molar-refractivity contribution in [1.29, 1.82) is 0 Å². The Balaban J connectivity index is 0.000000293. The van der Waals surface area contributed by atoms with E-state index >= 15 is 0 Å². The summed E-state index contributed by atoms with van der Waals surface area (Å²) in [5, 5.41) is 49.5. The molecule has 8 heterocycles. The lowest BCUT2D eigenvalue weighted by Crippen LogP contribution is -2.58. The summed E-state index contributed by atoms with van der Waals surface area (Å²) in [6, 6.07) is 10.9. The molecule has 5 saturated heterocycles. The Morgan fingerprint density at radius 3 is 2.34 bits per heavy atom. The Morgan fingerprint density at radius 2 is 1.62 bits per heavy atom. The minimum Gasteiger partial charge on any atom is -0.507 e. The molecule has 1 amide bonds. The number of nitrogens with zero attached hydrogens (tertiary/aromatic N) is 2. The summed E-state index contributed by atoms with van der Waals surface area (Å²) in [6.45, 7) is 24.6. The molecule has 0 radical (unpaired) electrons. The predicted octanol–water partition coefficient (Wildman–Crippen LogP) is 14.2. The van der Waals surface area contributed by atoms with Crippen LogP contribution in [-0.4, -0.2) is 168 Å². The number of phenolic OH excluding ortho intramolecular Hbond substituents is 1. The molecular weight excluding hydrogens is 1330 g/mol. The van der Waals surface area contributed by atoms with Gasteiger partial charge in [0.1, 0.15) is 47.8 Å². The number of aliphatic hydroxyl groups is 3. The zero-order valence-corrected chi connectivity index (χ0v) is 64.3. The monoisotopic (exact) mass is 1450 g/mol. The number of hydrazone groups is 1. The number of aromatic hydroxyl groups is 1. The summed E-state index contributed by atoms with van der Waals surface area (Å²) < 4.78 is 63.9. The number of rotatable bonds is 21. The average molecular weight is 1450 g/mol. The molecule has 2 bridgehead atoms. The number of pyridine rings is 1. The first-order valence-corrected chi connectivity index (χ1v) is 38.7. The number of ether oxygens (including phenoxy) is 10. The highest BCUT2D eigenvalue weighted by atomic mass is 32.1. The number of thiophene rings is 1. The van der Waals surface area contributed by atoms with Crippen molar-refractivity contribution >= 4 is 35.7 Å². The number of phenols is 1. The maximum Gasteiger partial charge on any atom is 0.316 e. The Hall–Kier alpha value is -5.81. The van der Waals surface area contributed by atoms with Crippen LogP contribution in [0.3, 0.4) is 0 Å². The van der Waals surface area contributed by atoms with E-state index in [1.165, 1.54) is 38.3 Å². The predicted molar refractivity (Wildman–Crippen MR) is 399 cm³/mol.